The van der Waals surface area contributed by atoms with Crippen molar-refractivity contribution in [3.8, 4) is 11.5 Å². The number of benzene rings is 2. The highest BCUT2D eigenvalue weighted by atomic mass is 16.5. The highest BCUT2D eigenvalue weighted by Gasteiger charge is 2.41. The zero-order valence-electron chi connectivity index (χ0n) is 17.4. The van der Waals surface area contributed by atoms with E-state index in [0.717, 1.165) is 4.90 Å². The molecule has 1 heterocycles. The van der Waals surface area contributed by atoms with Crippen molar-refractivity contribution >= 4 is 17.8 Å². The third kappa shape index (κ3) is 4.30. The van der Waals surface area contributed by atoms with Gasteiger partial charge in [0, 0.05) is 0 Å². The molecule has 0 aromatic heterocycles. The number of carboxylic acid groups (broad SMARTS) is 1. The summed E-state index contributed by atoms with van der Waals surface area (Å²) in [5.74, 6) is -1.18. The molecule has 1 atom stereocenters. The molecule has 0 bridgehead atoms. The summed E-state index contributed by atoms with van der Waals surface area (Å²) in [5.41, 5.74) is 1.03. The van der Waals surface area contributed by atoms with E-state index in [1.54, 1.807) is 42.5 Å². The van der Waals surface area contributed by atoms with Gasteiger partial charge in [0.05, 0.1) is 35.8 Å². The van der Waals surface area contributed by atoms with E-state index in [4.69, 9.17) is 9.47 Å². The second kappa shape index (κ2) is 8.57. The SMILES string of the molecule is CC(C)Oc1ccc(C(CC(=O)O)N2C(=O)c3ccccc3C2=O)cc1OC(C)C. The number of hydrogen-bond acceptors (Lipinski definition) is 5. The first-order chi connectivity index (χ1) is 14.2. The molecule has 158 valence electrons. The number of aliphatic carboxylic acids is 1. The smallest absolute Gasteiger partial charge is 0.305 e. The first-order valence-corrected chi connectivity index (χ1v) is 9.85. The molecule has 1 unspecified atom stereocenters. The van der Waals surface area contributed by atoms with E-state index in [0.29, 0.717) is 17.1 Å². The van der Waals surface area contributed by atoms with Crippen molar-refractivity contribution in [2.24, 2.45) is 0 Å². The number of carboxylic acids is 1. The lowest BCUT2D eigenvalue weighted by Crippen LogP contribution is -2.35. The lowest BCUT2D eigenvalue weighted by molar-refractivity contribution is -0.138. The number of imide groups is 1. The van der Waals surface area contributed by atoms with Gasteiger partial charge in [-0.15, -0.1) is 0 Å². The quantitative estimate of drug-likeness (QED) is 0.658. The molecule has 0 saturated carbocycles. The molecule has 0 spiro atoms. The average Bonchev–Trinajstić information content (AvgIpc) is 2.91. The number of rotatable bonds is 8. The summed E-state index contributed by atoms with van der Waals surface area (Å²) >= 11 is 0. The van der Waals surface area contributed by atoms with E-state index in [1.165, 1.54) is 0 Å². The van der Waals surface area contributed by atoms with Crippen LogP contribution in [0.2, 0.25) is 0 Å². The van der Waals surface area contributed by atoms with Gasteiger partial charge in [0.2, 0.25) is 0 Å². The van der Waals surface area contributed by atoms with Crippen LogP contribution in [-0.4, -0.2) is 40.0 Å². The Hall–Kier alpha value is -3.35. The molecular formula is C23H25NO6. The Morgan fingerprint density at radius 3 is 1.93 bits per heavy atom. The fourth-order valence-electron chi connectivity index (χ4n) is 3.44. The summed E-state index contributed by atoms with van der Waals surface area (Å²) in [4.78, 5) is 38.5. The van der Waals surface area contributed by atoms with Gasteiger partial charge in [-0.25, -0.2) is 0 Å². The maximum absolute atomic E-state index is 12.9. The van der Waals surface area contributed by atoms with Gasteiger partial charge in [-0.2, -0.15) is 0 Å². The minimum atomic E-state index is -1.12. The van der Waals surface area contributed by atoms with Crippen LogP contribution >= 0.6 is 0 Å². The monoisotopic (exact) mass is 411 g/mol. The predicted molar refractivity (Wildman–Crippen MR) is 110 cm³/mol. The molecule has 7 nitrogen and oxygen atoms in total. The Bertz CT molecular complexity index is 946. The van der Waals surface area contributed by atoms with Crippen LogP contribution in [0.25, 0.3) is 0 Å². The van der Waals surface area contributed by atoms with E-state index in [-0.39, 0.29) is 23.3 Å². The average molecular weight is 411 g/mol. The topological polar surface area (TPSA) is 93.1 Å². The van der Waals surface area contributed by atoms with Gasteiger partial charge < -0.3 is 14.6 Å². The Kier molecular flexibility index (Phi) is 6.10. The predicted octanol–water partition coefficient (Wildman–Crippen LogP) is 4.07. The highest BCUT2D eigenvalue weighted by molar-refractivity contribution is 6.21. The normalized spacial score (nSPS) is 14.3. The van der Waals surface area contributed by atoms with E-state index in [9.17, 15) is 19.5 Å². The zero-order valence-corrected chi connectivity index (χ0v) is 17.4. The number of ether oxygens (including phenoxy) is 2. The van der Waals surface area contributed by atoms with Crippen LogP contribution in [0.15, 0.2) is 42.5 Å². The van der Waals surface area contributed by atoms with E-state index in [1.807, 2.05) is 27.7 Å². The third-order valence-electron chi connectivity index (χ3n) is 4.58. The van der Waals surface area contributed by atoms with E-state index >= 15 is 0 Å². The minimum Gasteiger partial charge on any atom is -0.487 e. The number of nitrogens with zero attached hydrogens (tertiary/aromatic N) is 1. The molecular weight excluding hydrogens is 386 g/mol. The van der Waals surface area contributed by atoms with Crippen LogP contribution in [-0.2, 0) is 4.79 Å². The Labute approximate surface area is 175 Å². The Morgan fingerprint density at radius 2 is 1.43 bits per heavy atom. The number of fused-ring (bicyclic) bond motifs is 1. The molecule has 2 aromatic rings. The van der Waals surface area contributed by atoms with Crippen molar-refractivity contribution in [2.75, 3.05) is 0 Å². The van der Waals surface area contributed by atoms with E-state index < -0.39 is 30.2 Å². The van der Waals surface area contributed by atoms with Gasteiger partial charge in [-0.05, 0) is 57.5 Å². The molecule has 1 aliphatic rings. The fourth-order valence-corrected chi connectivity index (χ4v) is 3.44. The molecule has 0 radical (unpaired) electrons. The van der Waals surface area contributed by atoms with Crippen molar-refractivity contribution in [1.29, 1.82) is 0 Å². The molecule has 2 aromatic carbocycles. The van der Waals surface area contributed by atoms with Crippen LogP contribution in [0.4, 0.5) is 0 Å². The molecule has 30 heavy (non-hydrogen) atoms. The second-order valence-corrected chi connectivity index (χ2v) is 7.68. The van der Waals surface area contributed by atoms with Gasteiger partial charge in [-0.3, -0.25) is 19.3 Å². The van der Waals surface area contributed by atoms with Crippen LogP contribution in [0.5, 0.6) is 11.5 Å². The van der Waals surface area contributed by atoms with Crippen LogP contribution < -0.4 is 9.47 Å². The van der Waals surface area contributed by atoms with Crippen molar-refractivity contribution in [2.45, 2.75) is 52.4 Å². The summed E-state index contributed by atoms with van der Waals surface area (Å²) in [6.07, 6.45) is -0.653. The largest absolute Gasteiger partial charge is 0.487 e. The van der Waals surface area contributed by atoms with Gasteiger partial charge in [0.15, 0.2) is 11.5 Å². The zero-order chi connectivity index (χ0) is 22.0. The van der Waals surface area contributed by atoms with Crippen molar-refractivity contribution in [1.82, 2.24) is 4.90 Å². The van der Waals surface area contributed by atoms with Crippen LogP contribution in [0, 0.1) is 0 Å². The summed E-state index contributed by atoms with van der Waals surface area (Å²) in [6, 6.07) is 10.5. The summed E-state index contributed by atoms with van der Waals surface area (Å²) < 4.78 is 11.7. The van der Waals surface area contributed by atoms with Crippen molar-refractivity contribution < 1.29 is 29.0 Å². The van der Waals surface area contributed by atoms with E-state index in [2.05, 4.69) is 0 Å². The molecule has 3 rings (SSSR count). The standard InChI is InChI=1S/C23H25NO6/c1-13(2)29-19-10-9-15(11-20(19)30-14(3)4)18(12-21(25)26)24-22(27)16-7-5-6-8-17(16)23(24)28/h5-11,13-14,18H,12H2,1-4H3,(H,25,26). The number of carbonyl (C=O) groups is 3. The molecule has 0 fully saturated rings. The maximum atomic E-state index is 12.9. The lowest BCUT2D eigenvalue weighted by atomic mass is 10.0. The Balaban J connectivity index is 2.05. The minimum absolute atomic E-state index is 0.0867. The summed E-state index contributed by atoms with van der Waals surface area (Å²) in [6.45, 7) is 7.51. The molecule has 0 saturated heterocycles. The molecule has 2 amide bonds. The second-order valence-electron chi connectivity index (χ2n) is 7.68. The number of hydrogen-bond donors (Lipinski definition) is 1. The highest BCUT2D eigenvalue weighted by Crippen LogP contribution is 2.38. The molecule has 1 aliphatic heterocycles. The molecule has 0 aliphatic carbocycles. The maximum Gasteiger partial charge on any atom is 0.305 e. The summed E-state index contributed by atoms with van der Waals surface area (Å²) in [5, 5.41) is 9.48. The van der Waals surface area contributed by atoms with Crippen molar-refractivity contribution in [3.05, 3.63) is 59.2 Å². The van der Waals surface area contributed by atoms with Crippen LogP contribution in [0.1, 0.15) is 66.4 Å². The van der Waals surface area contributed by atoms with Gasteiger partial charge >= 0.3 is 5.97 Å². The van der Waals surface area contributed by atoms with Gasteiger partial charge in [-0.1, -0.05) is 18.2 Å². The summed E-state index contributed by atoms with van der Waals surface area (Å²) in [7, 11) is 0. The number of amides is 2. The van der Waals surface area contributed by atoms with Gasteiger partial charge in [0.1, 0.15) is 0 Å². The van der Waals surface area contributed by atoms with Gasteiger partial charge in [0.25, 0.3) is 11.8 Å². The lowest BCUT2D eigenvalue weighted by Gasteiger charge is -2.26. The van der Waals surface area contributed by atoms with Crippen LogP contribution in [0.3, 0.4) is 0 Å². The van der Waals surface area contributed by atoms with Crippen molar-refractivity contribution in [3.63, 3.8) is 0 Å². The fraction of sp³-hybridized carbons (Fsp3) is 0.348. The first-order valence-electron chi connectivity index (χ1n) is 9.85. The molecule has 7 heteroatoms. The Morgan fingerprint density at radius 1 is 0.900 bits per heavy atom. The first kappa shape index (κ1) is 21.4. The third-order valence-corrected chi connectivity index (χ3v) is 4.58. The number of carbonyl (C=O) groups excluding carboxylic acids is 2. The molecule has 1 N–H and O–H groups in total.